The van der Waals surface area contributed by atoms with E-state index in [4.69, 9.17) is 9.84 Å². The van der Waals surface area contributed by atoms with Crippen molar-refractivity contribution >= 4 is 23.5 Å². The molecule has 1 heterocycles. The van der Waals surface area contributed by atoms with Crippen molar-refractivity contribution in [1.82, 2.24) is 4.90 Å². The standard InChI is InChI=1S/C16H20N2O5/c1-11-3-4-13-12(9-11)18(15(20)10-23-13)8-5-14(19)17(2)7-6-16(21)22/h3-4,9H,5-8,10H2,1-2H3,(H,21,22). The van der Waals surface area contributed by atoms with Gasteiger partial charge in [-0.05, 0) is 24.6 Å². The predicted octanol–water partition coefficient (Wildman–Crippen LogP) is 1.04. The van der Waals surface area contributed by atoms with E-state index in [-0.39, 0.29) is 44.4 Å². The molecule has 124 valence electrons. The van der Waals surface area contributed by atoms with Crippen molar-refractivity contribution in [2.75, 3.05) is 31.6 Å². The van der Waals surface area contributed by atoms with Gasteiger partial charge in [-0.3, -0.25) is 14.4 Å². The number of fused-ring (bicyclic) bond motifs is 1. The van der Waals surface area contributed by atoms with E-state index in [1.807, 2.05) is 25.1 Å². The van der Waals surface area contributed by atoms with E-state index < -0.39 is 5.97 Å². The minimum Gasteiger partial charge on any atom is -0.482 e. The zero-order valence-corrected chi connectivity index (χ0v) is 13.2. The normalized spacial score (nSPS) is 13.3. The van der Waals surface area contributed by atoms with Crippen LogP contribution in [0.15, 0.2) is 18.2 Å². The molecular formula is C16H20N2O5. The summed E-state index contributed by atoms with van der Waals surface area (Å²) in [7, 11) is 1.56. The molecule has 0 spiro atoms. The zero-order chi connectivity index (χ0) is 17.0. The second-order valence-electron chi connectivity index (χ2n) is 5.51. The van der Waals surface area contributed by atoms with Crippen LogP contribution in [-0.2, 0) is 14.4 Å². The first-order valence-corrected chi connectivity index (χ1v) is 7.38. The number of aliphatic carboxylic acids is 1. The molecule has 0 saturated carbocycles. The summed E-state index contributed by atoms with van der Waals surface area (Å²) in [5.74, 6) is -0.705. The fourth-order valence-electron chi connectivity index (χ4n) is 2.34. The number of hydrogen-bond donors (Lipinski definition) is 1. The average Bonchev–Trinajstić information content (AvgIpc) is 2.51. The summed E-state index contributed by atoms with van der Waals surface area (Å²) in [6.45, 7) is 2.28. The van der Waals surface area contributed by atoms with Crippen molar-refractivity contribution in [2.45, 2.75) is 19.8 Å². The Morgan fingerprint density at radius 2 is 2.09 bits per heavy atom. The lowest BCUT2D eigenvalue weighted by atomic mass is 10.1. The molecule has 23 heavy (non-hydrogen) atoms. The van der Waals surface area contributed by atoms with Gasteiger partial charge in [0.2, 0.25) is 5.91 Å². The quantitative estimate of drug-likeness (QED) is 0.846. The molecule has 0 saturated heterocycles. The number of carbonyl (C=O) groups excluding carboxylic acids is 2. The topological polar surface area (TPSA) is 87.2 Å². The second kappa shape index (κ2) is 7.13. The van der Waals surface area contributed by atoms with E-state index in [1.165, 1.54) is 4.90 Å². The Labute approximate surface area is 134 Å². The number of nitrogens with zero attached hydrogens (tertiary/aromatic N) is 2. The van der Waals surface area contributed by atoms with Crippen LogP contribution in [0.1, 0.15) is 18.4 Å². The number of ether oxygens (including phenoxy) is 1. The van der Waals surface area contributed by atoms with Crippen LogP contribution in [0.5, 0.6) is 5.75 Å². The monoisotopic (exact) mass is 320 g/mol. The van der Waals surface area contributed by atoms with Crippen molar-refractivity contribution in [3.8, 4) is 5.75 Å². The molecule has 2 rings (SSSR count). The highest BCUT2D eigenvalue weighted by Gasteiger charge is 2.26. The number of hydrogen-bond acceptors (Lipinski definition) is 4. The fraction of sp³-hybridized carbons (Fsp3) is 0.438. The van der Waals surface area contributed by atoms with Gasteiger partial charge in [-0.25, -0.2) is 0 Å². The minimum atomic E-state index is -0.947. The van der Waals surface area contributed by atoms with Gasteiger partial charge in [-0.2, -0.15) is 0 Å². The molecular weight excluding hydrogens is 300 g/mol. The lowest BCUT2D eigenvalue weighted by Gasteiger charge is -2.30. The molecule has 1 aromatic rings. The maximum atomic E-state index is 12.1. The van der Waals surface area contributed by atoms with Crippen LogP contribution in [0, 0.1) is 6.92 Å². The largest absolute Gasteiger partial charge is 0.482 e. The molecule has 0 radical (unpaired) electrons. The van der Waals surface area contributed by atoms with E-state index in [9.17, 15) is 14.4 Å². The van der Waals surface area contributed by atoms with E-state index in [0.717, 1.165) is 5.56 Å². The summed E-state index contributed by atoms with van der Waals surface area (Å²) in [5.41, 5.74) is 1.67. The minimum absolute atomic E-state index is 0.0426. The maximum Gasteiger partial charge on any atom is 0.305 e. The highest BCUT2D eigenvalue weighted by molar-refractivity contribution is 5.98. The Morgan fingerprint density at radius 1 is 1.35 bits per heavy atom. The summed E-state index contributed by atoms with van der Waals surface area (Å²) >= 11 is 0. The Bertz CT molecular complexity index is 629. The molecule has 0 atom stereocenters. The van der Waals surface area contributed by atoms with E-state index in [0.29, 0.717) is 11.4 Å². The van der Waals surface area contributed by atoms with Gasteiger partial charge in [-0.15, -0.1) is 0 Å². The Kier molecular flexibility index (Phi) is 5.20. The molecule has 1 N–H and O–H groups in total. The third-order valence-corrected chi connectivity index (χ3v) is 3.69. The smallest absolute Gasteiger partial charge is 0.305 e. The first-order valence-electron chi connectivity index (χ1n) is 7.38. The first-order chi connectivity index (χ1) is 10.9. The molecule has 2 amide bonds. The van der Waals surface area contributed by atoms with Crippen LogP contribution < -0.4 is 9.64 Å². The molecule has 1 aromatic carbocycles. The van der Waals surface area contributed by atoms with Crippen molar-refractivity contribution < 1.29 is 24.2 Å². The number of anilines is 1. The predicted molar refractivity (Wildman–Crippen MR) is 83.5 cm³/mol. The molecule has 1 aliphatic heterocycles. The molecule has 7 nitrogen and oxygen atoms in total. The SMILES string of the molecule is Cc1ccc2c(c1)N(CCC(=O)N(C)CCC(=O)O)C(=O)CO2. The van der Waals surface area contributed by atoms with Gasteiger partial charge < -0.3 is 19.6 Å². The Morgan fingerprint density at radius 3 is 2.78 bits per heavy atom. The maximum absolute atomic E-state index is 12.1. The molecule has 7 heteroatoms. The summed E-state index contributed by atoms with van der Waals surface area (Å²) in [6.07, 6.45) is 0.0377. The van der Waals surface area contributed by atoms with E-state index >= 15 is 0 Å². The highest BCUT2D eigenvalue weighted by Crippen LogP contribution is 2.32. The number of rotatable bonds is 6. The van der Waals surface area contributed by atoms with Crippen LogP contribution >= 0.6 is 0 Å². The van der Waals surface area contributed by atoms with Gasteiger partial charge in [0.1, 0.15) is 5.75 Å². The Hall–Kier alpha value is -2.57. The molecule has 0 aliphatic carbocycles. The van der Waals surface area contributed by atoms with Crippen molar-refractivity contribution in [3.05, 3.63) is 23.8 Å². The average molecular weight is 320 g/mol. The number of amides is 2. The van der Waals surface area contributed by atoms with Gasteiger partial charge in [0.05, 0.1) is 12.1 Å². The third-order valence-electron chi connectivity index (χ3n) is 3.69. The molecule has 0 bridgehead atoms. The van der Waals surface area contributed by atoms with Gasteiger partial charge in [0.25, 0.3) is 5.91 Å². The van der Waals surface area contributed by atoms with Crippen LogP contribution in [0.2, 0.25) is 0 Å². The zero-order valence-electron chi connectivity index (χ0n) is 13.2. The molecule has 0 aromatic heterocycles. The lowest BCUT2D eigenvalue weighted by molar-refractivity contribution is -0.138. The summed E-state index contributed by atoms with van der Waals surface area (Å²) < 4.78 is 5.39. The highest BCUT2D eigenvalue weighted by atomic mass is 16.5. The molecule has 1 aliphatic rings. The second-order valence-corrected chi connectivity index (χ2v) is 5.51. The van der Waals surface area contributed by atoms with Gasteiger partial charge in [0.15, 0.2) is 6.61 Å². The van der Waals surface area contributed by atoms with Crippen LogP contribution in [-0.4, -0.2) is 54.5 Å². The summed E-state index contributed by atoms with van der Waals surface area (Å²) in [4.78, 5) is 37.6. The number of benzene rings is 1. The van der Waals surface area contributed by atoms with Crippen LogP contribution in [0.25, 0.3) is 0 Å². The summed E-state index contributed by atoms with van der Waals surface area (Å²) in [5, 5.41) is 8.64. The third kappa shape index (κ3) is 4.21. The number of carboxylic acids is 1. The van der Waals surface area contributed by atoms with Crippen LogP contribution in [0.4, 0.5) is 5.69 Å². The lowest BCUT2D eigenvalue weighted by Crippen LogP contribution is -2.41. The van der Waals surface area contributed by atoms with Gasteiger partial charge in [-0.1, -0.05) is 6.07 Å². The fourth-order valence-corrected chi connectivity index (χ4v) is 2.34. The van der Waals surface area contributed by atoms with Crippen molar-refractivity contribution in [1.29, 1.82) is 0 Å². The van der Waals surface area contributed by atoms with Gasteiger partial charge in [0, 0.05) is 26.6 Å². The summed E-state index contributed by atoms with van der Waals surface area (Å²) in [6, 6.07) is 5.56. The molecule has 0 unspecified atom stereocenters. The Balaban J connectivity index is 2.00. The first kappa shape index (κ1) is 16.8. The number of carboxylic acid groups (broad SMARTS) is 1. The van der Waals surface area contributed by atoms with Crippen molar-refractivity contribution in [2.24, 2.45) is 0 Å². The number of aryl methyl sites for hydroxylation is 1. The van der Waals surface area contributed by atoms with Crippen LogP contribution in [0.3, 0.4) is 0 Å². The van der Waals surface area contributed by atoms with E-state index in [2.05, 4.69) is 0 Å². The van der Waals surface area contributed by atoms with Crippen molar-refractivity contribution in [3.63, 3.8) is 0 Å². The van der Waals surface area contributed by atoms with Gasteiger partial charge >= 0.3 is 5.97 Å². The number of carbonyl (C=O) groups is 3. The molecule has 0 fully saturated rings. The van der Waals surface area contributed by atoms with E-state index in [1.54, 1.807) is 11.9 Å².